The van der Waals surface area contributed by atoms with Gasteiger partial charge in [0.1, 0.15) is 6.54 Å². The Kier molecular flexibility index (Phi) is 4.56. The molecule has 0 saturated carbocycles. The molecule has 3 nitrogen and oxygen atoms in total. The van der Waals surface area contributed by atoms with Crippen molar-refractivity contribution < 1.29 is 13.2 Å². The minimum atomic E-state index is -4.22. The second kappa shape index (κ2) is 5.53. The van der Waals surface area contributed by atoms with Crippen LogP contribution in [0, 0.1) is 0 Å². The van der Waals surface area contributed by atoms with Crippen molar-refractivity contribution in [3.8, 4) is 0 Å². The molecule has 0 saturated heterocycles. The molecule has 0 bridgehead atoms. The van der Waals surface area contributed by atoms with E-state index in [1.165, 1.54) is 0 Å². The van der Waals surface area contributed by atoms with E-state index in [9.17, 15) is 13.2 Å². The highest BCUT2D eigenvalue weighted by atomic mass is 19.4. The van der Waals surface area contributed by atoms with E-state index in [4.69, 9.17) is 0 Å². The monoisotopic (exact) mass is 249 g/mol. The van der Waals surface area contributed by atoms with Gasteiger partial charge in [0, 0.05) is 17.8 Å². The molecule has 0 aromatic carbocycles. The number of halogens is 3. The minimum Gasteiger partial charge on any atom is -0.316 e. The summed E-state index contributed by atoms with van der Waals surface area (Å²) in [5.41, 5.74) is 2.33. The first-order valence-corrected chi connectivity index (χ1v) is 5.71. The van der Waals surface area contributed by atoms with Crippen LogP contribution in [0.4, 0.5) is 13.2 Å². The standard InChI is InChI=1S/C11H18F3N3/c1-4-9-8(6-15-3)10(5-2)17(16-9)7-11(12,13)14/h15H,4-7H2,1-3H3. The number of rotatable bonds is 5. The van der Waals surface area contributed by atoms with Crippen molar-refractivity contribution >= 4 is 0 Å². The van der Waals surface area contributed by atoms with Crippen LogP contribution >= 0.6 is 0 Å². The summed E-state index contributed by atoms with van der Waals surface area (Å²) in [4.78, 5) is 0. The molecule has 1 rings (SSSR count). The Labute approximate surface area is 99.0 Å². The van der Waals surface area contributed by atoms with E-state index < -0.39 is 12.7 Å². The Morgan fingerprint density at radius 2 is 1.88 bits per heavy atom. The lowest BCUT2D eigenvalue weighted by molar-refractivity contribution is -0.143. The summed E-state index contributed by atoms with van der Waals surface area (Å²) in [6.07, 6.45) is -3.02. The van der Waals surface area contributed by atoms with Crippen molar-refractivity contribution in [3.05, 3.63) is 17.0 Å². The molecule has 0 unspecified atom stereocenters. The Hall–Kier alpha value is -1.04. The van der Waals surface area contributed by atoms with E-state index in [0.717, 1.165) is 15.9 Å². The van der Waals surface area contributed by atoms with Crippen molar-refractivity contribution in [1.29, 1.82) is 0 Å². The summed E-state index contributed by atoms with van der Waals surface area (Å²) < 4.78 is 38.3. The van der Waals surface area contributed by atoms with Gasteiger partial charge in [0.05, 0.1) is 5.69 Å². The van der Waals surface area contributed by atoms with Gasteiger partial charge < -0.3 is 5.32 Å². The van der Waals surface area contributed by atoms with Gasteiger partial charge in [0.2, 0.25) is 0 Å². The summed E-state index contributed by atoms with van der Waals surface area (Å²) in [7, 11) is 1.78. The Morgan fingerprint density at radius 1 is 1.24 bits per heavy atom. The van der Waals surface area contributed by atoms with Crippen LogP contribution in [0.3, 0.4) is 0 Å². The molecule has 1 heterocycles. The molecular formula is C11H18F3N3. The van der Waals surface area contributed by atoms with Gasteiger partial charge in [-0.1, -0.05) is 13.8 Å². The first-order chi connectivity index (χ1) is 7.92. The van der Waals surface area contributed by atoms with Crippen LogP contribution < -0.4 is 5.32 Å². The van der Waals surface area contributed by atoms with E-state index in [-0.39, 0.29) is 0 Å². The fourth-order valence-corrected chi connectivity index (χ4v) is 1.95. The van der Waals surface area contributed by atoms with Crippen LogP contribution in [0.15, 0.2) is 0 Å². The van der Waals surface area contributed by atoms with Crippen LogP contribution in [0.1, 0.15) is 30.8 Å². The van der Waals surface area contributed by atoms with Crippen molar-refractivity contribution in [2.75, 3.05) is 7.05 Å². The highest BCUT2D eigenvalue weighted by Crippen LogP contribution is 2.22. The molecule has 17 heavy (non-hydrogen) atoms. The van der Waals surface area contributed by atoms with E-state index in [1.807, 2.05) is 13.8 Å². The highest BCUT2D eigenvalue weighted by Gasteiger charge is 2.30. The second-order valence-electron chi connectivity index (χ2n) is 3.88. The minimum absolute atomic E-state index is 0.556. The van der Waals surface area contributed by atoms with Gasteiger partial charge in [-0.05, 0) is 19.9 Å². The quantitative estimate of drug-likeness (QED) is 0.867. The van der Waals surface area contributed by atoms with Crippen molar-refractivity contribution in [2.45, 2.75) is 46.0 Å². The molecule has 1 aromatic rings. The summed E-state index contributed by atoms with van der Waals surface area (Å²) >= 11 is 0. The number of aryl methyl sites for hydroxylation is 1. The molecule has 0 amide bonds. The predicted octanol–water partition coefficient (Wildman–Crippen LogP) is 2.29. The van der Waals surface area contributed by atoms with E-state index in [1.54, 1.807) is 7.05 Å². The summed E-state index contributed by atoms with van der Waals surface area (Å²) in [6, 6.07) is 0. The molecular weight excluding hydrogens is 231 g/mol. The zero-order valence-corrected chi connectivity index (χ0v) is 10.4. The van der Waals surface area contributed by atoms with E-state index >= 15 is 0 Å². The number of nitrogens with one attached hydrogen (secondary N) is 1. The highest BCUT2D eigenvalue weighted by molar-refractivity contribution is 5.26. The summed E-state index contributed by atoms with van der Waals surface area (Å²) in [5.74, 6) is 0. The maximum Gasteiger partial charge on any atom is 0.408 e. The van der Waals surface area contributed by atoms with Crippen LogP contribution in [-0.2, 0) is 25.9 Å². The lowest BCUT2D eigenvalue weighted by atomic mass is 10.1. The molecule has 1 aromatic heterocycles. The number of hydrogen-bond donors (Lipinski definition) is 1. The second-order valence-corrected chi connectivity index (χ2v) is 3.88. The van der Waals surface area contributed by atoms with E-state index in [0.29, 0.717) is 25.1 Å². The maximum absolute atomic E-state index is 12.4. The molecule has 0 aliphatic rings. The van der Waals surface area contributed by atoms with Crippen LogP contribution in [0.2, 0.25) is 0 Å². The Bertz CT molecular complexity index is 369. The zero-order chi connectivity index (χ0) is 13.1. The Balaban J connectivity index is 3.12. The number of nitrogens with zero attached hydrogens (tertiary/aromatic N) is 2. The molecule has 0 atom stereocenters. The normalized spacial score (nSPS) is 12.1. The van der Waals surface area contributed by atoms with Crippen LogP contribution in [-0.4, -0.2) is 23.0 Å². The Morgan fingerprint density at radius 3 is 2.29 bits per heavy atom. The maximum atomic E-state index is 12.4. The third-order valence-electron chi connectivity index (χ3n) is 2.60. The first kappa shape index (κ1) is 14.0. The van der Waals surface area contributed by atoms with Crippen molar-refractivity contribution in [2.24, 2.45) is 0 Å². The van der Waals surface area contributed by atoms with Crippen LogP contribution in [0.5, 0.6) is 0 Å². The predicted molar refractivity (Wildman–Crippen MR) is 59.8 cm³/mol. The zero-order valence-electron chi connectivity index (χ0n) is 10.4. The first-order valence-electron chi connectivity index (χ1n) is 5.71. The molecule has 0 fully saturated rings. The lowest BCUT2D eigenvalue weighted by Gasteiger charge is -2.10. The van der Waals surface area contributed by atoms with E-state index in [2.05, 4.69) is 10.4 Å². The van der Waals surface area contributed by atoms with Gasteiger partial charge in [0.15, 0.2) is 0 Å². The van der Waals surface area contributed by atoms with Gasteiger partial charge in [0.25, 0.3) is 0 Å². The topological polar surface area (TPSA) is 29.9 Å². The lowest BCUT2D eigenvalue weighted by Crippen LogP contribution is -2.20. The molecule has 1 N–H and O–H groups in total. The number of alkyl halides is 3. The number of hydrogen-bond acceptors (Lipinski definition) is 2. The van der Waals surface area contributed by atoms with Gasteiger partial charge >= 0.3 is 6.18 Å². The van der Waals surface area contributed by atoms with Gasteiger partial charge in [-0.25, -0.2) is 0 Å². The molecule has 0 aliphatic heterocycles. The smallest absolute Gasteiger partial charge is 0.316 e. The molecule has 0 radical (unpaired) electrons. The molecule has 0 aliphatic carbocycles. The third kappa shape index (κ3) is 3.46. The fourth-order valence-electron chi connectivity index (χ4n) is 1.95. The third-order valence-corrected chi connectivity index (χ3v) is 2.60. The summed E-state index contributed by atoms with van der Waals surface area (Å²) in [6.45, 7) is 3.30. The van der Waals surface area contributed by atoms with Crippen molar-refractivity contribution in [1.82, 2.24) is 15.1 Å². The summed E-state index contributed by atoms with van der Waals surface area (Å²) in [5, 5.41) is 7.04. The number of aromatic nitrogens is 2. The molecule has 0 spiro atoms. The average molecular weight is 249 g/mol. The largest absolute Gasteiger partial charge is 0.408 e. The van der Waals surface area contributed by atoms with Crippen LogP contribution in [0.25, 0.3) is 0 Å². The SMILES string of the molecule is CCc1nn(CC(F)(F)F)c(CC)c1CNC. The average Bonchev–Trinajstić information content (AvgIpc) is 2.53. The molecule has 98 valence electrons. The fraction of sp³-hybridized carbons (Fsp3) is 0.727. The molecule has 6 heteroatoms. The van der Waals surface area contributed by atoms with Crippen molar-refractivity contribution in [3.63, 3.8) is 0 Å². The van der Waals surface area contributed by atoms with Gasteiger partial charge in [-0.2, -0.15) is 18.3 Å². The van der Waals surface area contributed by atoms with Gasteiger partial charge in [-0.15, -0.1) is 0 Å². The van der Waals surface area contributed by atoms with Gasteiger partial charge in [-0.3, -0.25) is 4.68 Å².